The van der Waals surface area contributed by atoms with E-state index in [9.17, 15) is 14.9 Å². The summed E-state index contributed by atoms with van der Waals surface area (Å²) in [4.78, 5) is 28.1. The van der Waals surface area contributed by atoms with Crippen LogP contribution in [0.25, 0.3) is 11.3 Å². The highest BCUT2D eigenvalue weighted by atomic mass is 32.1. The zero-order valence-electron chi connectivity index (χ0n) is 21.2. The molecular formula is C28H29N3O4S2. The van der Waals surface area contributed by atoms with Crippen LogP contribution in [-0.2, 0) is 11.8 Å². The number of ether oxygens (including phenoxy) is 1. The van der Waals surface area contributed by atoms with Gasteiger partial charge in [0.05, 0.1) is 9.80 Å². The minimum absolute atomic E-state index is 0.0158. The number of anilines is 1. The number of thiazole rings is 1. The molecule has 0 spiro atoms. The number of nitrogens with one attached hydrogen (secondary N) is 1. The van der Waals surface area contributed by atoms with Gasteiger partial charge in [-0.3, -0.25) is 20.2 Å². The van der Waals surface area contributed by atoms with Crippen molar-refractivity contribution in [3.05, 3.63) is 86.8 Å². The van der Waals surface area contributed by atoms with E-state index in [0.717, 1.165) is 36.2 Å². The number of hydrogen-bond acceptors (Lipinski definition) is 7. The van der Waals surface area contributed by atoms with E-state index in [1.54, 1.807) is 0 Å². The first-order valence-corrected chi connectivity index (χ1v) is 13.7. The second-order valence-electron chi connectivity index (χ2n) is 9.68. The molecule has 2 aromatic heterocycles. The van der Waals surface area contributed by atoms with Crippen molar-refractivity contribution in [2.24, 2.45) is 0 Å². The quantitative estimate of drug-likeness (QED) is 0.171. The highest BCUT2D eigenvalue weighted by Gasteiger charge is 2.21. The first kappa shape index (κ1) is 26.5. The fourth-order valence-electron chi connectivity index (χ4n) is 3.66. The summed E-state index contributed by atoms with van der Waals surface area (Å²) >= 11 is 2.04. The number of carbonyl (C=O) groups excluding carboxylic acids is 1. The first-order chi connectivity index (χ1) is 17.6. The van der Waals surface area contributed by atoms with Gasteiger partial charge in [0.1, 0.15) is 11.4 Å². The molecule has 0 aliphatic rings. The summed E-state index contributed by atoms with van der Waals surface area (Å²) < 4.78 is 6.24. The van der Waals surface area contributed by atoms with Crippen molar-refractivity contribution >= 4 is 38.7 Å². The smallest absolute Gasteiger partial charge is 0.324 e. The predicted molar refractivity (Wildman–Crippen MR) is 150 cm³/mol. The normalized spacial score (nSPS) is 11.4. The predicted octanol–water partition coefficient (Wildman–Crippen LogP) is 8.46. The molecule has 0 atom stereocenters. The molecule has 0 saturated heterocycles. The van der Waals surface area contributed by atoms with Crippen molar-refractivity contribution in [3.8, 4) is 22.1 Å². The van der Waals surface area contributed by atoms with Gasteiger partial charge in [0.25, 0.3) is 5.91 Å². The van der Waals surface area contributed by atoms with Gasteiger partial charge in [-0.15, -0.1) is 0 Å². The Labute approximate surface area is 224 Å². The van der Waals surface area contributed by atoms with Crippen molar-refractivity contribution in [1.82, 2.24) is 4.98 Å². The average molecular weight is 536 g/mol. The molecule has 7 nitrogen and oxygen atoms in total. The van der Waals surface area contributed by atoms with Gasteiger partial charge in [-0.05, 0) is 47.6 Å². The SMILES string of the molecule is CCCCc1ccc(Oc2sc(NC(=O)c3ccc([N+](=O)[O-])s3)nc2-c2ccc(C(C)(C)C)cc2)cc1. The maximum Gasteiger partial charge on any atom is 0.324 e. The lowest BCUT2D eigenvalue weighted by Crippen LogP contribution is -2.10. The van der Waals surface area contributed by atoms with E-state index >= 15 is 0 Å². The molecule has 4 rings (SSSR count). The number of carbonyl (C=O) groups is 1. The van der Waals surface area contributed by atoms with Crippen LogP contribution in [0, 0.1) is 10.1 Å². The number of benzene rings is 2. The van der Waals surface area contributed by atoms with Crippen LogP contribution in [0.15, 0.2) is 60.7 Å². The molecule has 0 radical (unpaired) electrons. The van der Waals surface area contributed by atoms with E-state index < -0.39 is 10.8 Å². The van der Waals surface area contributed by atoms with E-state index in [1.165, 1.54) is 34.6 Å². The number of nitrogens with zero attached hydrogens (tertiary/aromatic N) is 2. The lowest BCUT2D eigenvalue weighted by atomic mass is 9.86. The van der Waals surface area contributed by atoms with Crippen LogP contribution in [0.5, 0.6) is 10.8 Å². The summed E-state index contributed by atoms with van der Waals surface area (Å²) in [5, 5.41) is 14.6. The number of rotatable bonds is 9. The minimum atomic E-state index is -0.510. The molecule has 2 heterocycles. The fourth-order valence-corrected chi connectivity index (χ4v) is 5.23. The van der Waals surface area contributed by atoms with Crippen LogP contribution in [0.4, 0.5) is 10.1 Å². The van der Waals surface area contributed by atoms with Gasteiger partial charge in [-0.25, -0.2) is 4.98 Å². The first-order valence-electron chi connectivity index (χ1n) is 12.1. The number of aromatic nitrogens is 1. The van der Waals surface area contributed by atoms with Crippen LogP contribution in [0.2, 0.25) is 0 Å². The van der Waals surface area contributed by atoms with E-state index in [1.807, 2.05) is 24.3 Å². The average Bonchev–Trinajstić information content (AvgIpc) is 3.51. The lowest BCUT2D eigenvalue weighted by molar-refractivity contribution is -0.380. The largest absolute Gasteiger partial charge is 0.444 e. The van der Waals surface area contributed by atoms with Gasteiger partial charge >= 0.3 is 5.00 Å². The molecule has 0 saturated carbocycles. The maximum absolute atomic E-state index is 12.7. The Hall–Kier alpha value is -3.56. The van der Waals surface area contributed by atoms with Crippen molar-refractivity contribution in [3.63, 3.8) is 0 Å². The summed E-state index contributed by atoms with van der Waals surface area (Å²) in [6.07, 6.45) is 3.31. The van der Waals surface area contributed by atoms with E-state index in [0.29, 0.717) is 21.6 Å². The molecule has 0 aliphatic heterocycles. The zero-order chi connectivity index (χ0) is 26.6. The highest BCUT2D eigenvalue weighted by molar-refractivity contribution is 7.19. The summed E-state index contributed by atoms with van der Waals surface area (Å²) in [7, 11) is 0. The van der Waals surface area contributed by atoms with Gasteiger partial charge in [-0.1, -0.05) is 93.2 Å². The van der Waals surface area contributed by atoms with Crippen molar-refractivity contribution in [2.45, 2.75) is 52.4 Å². The second-order valence-corrected chi connectivity index (χ2v) is 11.7. The Morgan fingerprint density at radius 2 is 1.73 bits per heavy atom. The summed E-state index contributed by atoms with van der Waals surface area (Å²) in [6.45, 7) is 8.65. The topological polar surface area (TPSA) is 94.4 Å². The molecule has 4 aromatic rings. The van der Waals surface area contributed by atoms with Crippen LogP contribution in [0.1, 0.15) is 61.3 Å². The molecule has 37 heavy (non-hydrogen) atoms. The molecule has 0 unspecified atom stereocenters. The number of nitro groups is 1. The number of amides is 1. The van der Waals surface area contributed by atoms with Gasteiger partial charge in [0.2, 0.25) is 5.06 Å². The Bertz CT molecular complexity index is 1380. The Balaban J connectivity index is 1.62. The Morgan fingerprint density at radius 3 is 2.32 bits per heavy atom. The molecule has 0 bridgehead atoms. The van der Waals surface area contributed by atoms with Gasteiger partial charge in [-0.2, -0.15) is 0 Å². The molecule has 0 fully saturated rings. The van der Waals surface area contributed by atoms with Gasteiger partial charge in [0, 0.05) is 11.6 Å². The number of aryl methyl sites for hydroxylation is 1. The minimum Gasteiger partial charge on any atom is -0.444 e. The van der Waals surface area contributed by atoms with Gasteiger partial charge in [0.15, 0.2) is 5.13 Å². The van der Waals surface area contributed by atoms with E-state index in [4.69, 9.17) is 4.74 Å². The number of unbranched alkanes of at least 4 members (excludes halogenated alkanes) is 1. The fraction of sp³-hybridized carbons (Fsp3) is 0.286. The van der Waals surface area contributed by atoms with Crippen LogP contribution < -0.4 is 10.1 Å². The third kappa shape index (κ3) is 6.61. The maximum atomic E-state index is 12.7. The molecule has 0 aliphatic carbocycles. The Kier molecular flexibility index (Phi) is 8.04. The number of thiophene rings is 1. The van der Waals surface area contributed by atoms with Crippen LogP contribution in [-0.4, -0.2) is 15.8 Å². The zero-order valence-corrected chi connectivity index (χ0v) is 22.9. The van der Waals surface area contributed by atoms with Gasteiger partial charge < -0.3 is 4.74 Å². The van der Waals surface area contributed by atoms with Crippen LogP contribution >= 0.6 is 22.7 Å². The summed E-state index contributed by atoms with van der Waals surface area (Å²) in [5.41, 5.74) is 3.96. The third-order valence-electron chi connectivity index (χ3n) is 5.79. The van der Waals surface area contributed by atoms with Crippen molar-refractivity contribution < 1.29 is 14.5 Å². The molecular weight excluding hydrogens is 506 g/mol. The van der Waals surface area contributed by atoms with E-state index in [-0.39, 0.29) is 15.3 Å². The third-order valence-corrected chi connectivity index (χ3v) is 7.67. The monoisotopic (exact) mass is 535 g/mol. The summed E-state index contributed by atoms with van der Waals surface area (Å²) in [5.74, 6) is 0.233. The van der Waals surface area contributed by atoms with Crippen molar-refractivity contribution in [2.75, 3.05) is 5.32 Å². The second kappa shape index (κ2) is 11.2. The van der Waals surface area contributed by atoms with Crippen LogP contribution in [0.3, 0.4) is 0 Å². The molecule has 2 aromatic carbocycles. The Morgan fingerprint density at radius 1 is 1.03 bits per heavy atom. The summed E-state index contributed by atoms with van der Waals surface area (Å²) in [6, 6.07) is 18.9. The molecule has 1 N–H and O–H groups in total. The lowest BCUT2D eigenvalue weighted by Gasteiger charge is -2.19. The molecule has 1 amide bonds. The van der Waals surface area contributed by atoms with Crippen molar-refractivity contribution in [1.29, 1.82) is 0 Å². The standard InChI is InChI=1S/C28H29N3O4S2/c1-5-6-7-18-8-14-21(15-9-18)35-26-24(19-10-12-20(13-11-19)28(2,3)4)29-27(37-26)30-25(32)22-16-17-23(36-22)31(33)34/h8-17H,5-7H2,1-4H3,(H,29,30,32). The number of hydrogen-bond donors (Lipinski definition) is 1. The molecule has 192 valence electrons. The molecule has 9 heteroatoms. The highest BCUT2D eigenvalue weighted by Crippen LogP contribution is 2.41. The van der Waals surface area contributed by atoms with E-state index in [2.05, 4.69) is 62.3 Å².